The van der Waals surface area contributed by atoms with Crippen molar-refractivity contribution in [1.29, 1.82) is 0 Å². The van der Waals surface area contributed by atoms with Gasteiger partial charge in [0.05, 0.1) is 20.5 Å². The molecule has 5 rings (SSSR count). The number of likely N-dealkylation sites (tertiary alicyclic amines) is 1. The summed E-state index contributed by atoms with van der Waals surface area (Å²) in [6.07, 6.45) is 6.62. The fourth-order valence-electron chi connectivity index (χ4n) is 6.02. The third-order valence-corrected chi connectivity index (χ3v) is 6.95. The first kappa shape index (κ1) is 14.6. The molecule has 1 aromatic carbocycles. The third-order valence-electron chi connectivity index (χ3n) is 6.95. The minimum absolute atomic E-state index is 0.108. The SMILES string of the molecule is CO/C=C1\CC[C@H]2[C@H]3Cc4ccc(OC)c5c4[C@@]2(CCN3C)[C@H]1O5. The van der Waals surface area contributed by atoms with Crippen molar-refractivity contribution < 1.29 is 14.2 Å². The zero-order chi connectivity index (χ0) is 16.5. The Hall–Kier alpha value is -1.68. The molecule has 0 radical (unpaired) electrons. The van der Waals surface area contributed by atoms with Gasteiger partial charge in [0.15, 0.2) is 11.5 Å². The van der Waals surface area contributed by atoms with E-state index in [0.717, 1.165) is 37.3 Å². The summed E-state index contributed by atoms with van der Waals surface area (Å²) in [5, 5.41) is 0. The summed E-state index contributed by atoms with van der Waals surface area (Å²) < 4.78 is 17.7. The highest BCUT2D eigenvalue weighted by Crippen LogP contribution is 2.64. The van der Waals surface area contributed by atoms with Crippen molar-refractivity contribution in [2.75, 3.05) is 27.8 Å². The van der Waals surface area contributed by atoms with Crippen molar-refractivity contribution in [3.8, 4) is 11.5 Å². The van der Waals surface area contributed by atoms with Crippen molar-refractivity contribution in [2.24, 2.45) is 5.92 Å². The lowest BCUT2D eigenvalue weighted by molar-refractivity contribution is -0.0228. The number of benzene rings is 1. The summed E-state index contributed by atoms with van der Waals surface area (Å²) in [5.74, 6) is 2.54. The van der Waals surface area contributed by atoms with Gasteiger partial charge in [-0.3, -0.25) is 0 Å². The molecular weight excluding hydrogens is 302 g/mol. The van der Waals surface area contributed by atoms with Crippen molar-refractivity contribution in [3.63, 3.8) is 0 Å². The van der Waals surface area contributed by atoms with Crippen LogP contribution < -0.4 is 9.47 Å². The van der Waals surface area contributed by atoms with Crippen LogP contribution in [0.2, 0.25) is 0 Å². The number of piperidine rings is 1. The number of hydrogen-bond acceptors (Lipinski definition) is 4. The van der Waals surface area contributed by atoms with E-state index < -0.39 is 0 Å². The zero-order valence-corrected chi connectivity index (χ0v) is 14.7. The average molecular weight is 327 g/mol. The van der Waals surface area contributed by atoms with Gasteiger partial charge in [-0.05, 0) is 56.8 Å². The van der Waals surface area contributed by atoms with Crippen LogP contribution in [-0.2, 0) is 16.6 Å². The van der Waals surface area contributed by atoms with Crippen LogP contribution in [-0.4, -0.2) is 44.9 Å². The predicted molar refractivity (Wildman–Crippen MR) is 91.6 cm³/mol. The first-order chi connectivity index (χ1) is 11.7. The standard InChI is InChI=1S/C20H25NO3/c1-21-9-8-20-14-6-4-13(11-22-2)19(20)24-18-16(23-3)7-5-12(17(18)20)10-15(14)21/h5,7,11,14-15,19H,4,6,8-10H2,1-3H3/b13-11+/t14-,15+,19-,20-/m0/s1. The van der Waals surface area contributed by atoms with Gasteiger partial charge in [-0.2, -0.15) is 0 Å². The topological polar surface area (TPSA) is 30.9 Å². The van der Waals surface area contributed by atoms with Gasteiger partial charge in [0, 0.05) is 22.6 Å². The smallest absolute Gasteiger partial charge is 0.166 e. The second kappa shape index (κ2) is 4.92. The van der Waals surface area contributed by atoms with E-state index in [1.807, 2.05) is 6.26 Å². The van der Waals surface area contributed by atoms with E-state index in [2.05, 4.69) is 24.1 Å². The van der Waals surface area contributed by atoms with Crippen LogP contribution >= 0.6 is 0 Å². The molecule has 1 spiro atoms. The molecule has 0 aromatic heterocycles. The molecule has 0 unspecified atom stereocenters. The fraction of sp³-hybridized carbons (Fsp3) is 0.600. The number of ether oxygens (including phenoxy) is 3. The number of nitrogens with zero attached hydrogens (tertiary/aromatic N) is 1. The lowest BCUT2D eigenvalue weighted by atomic mass is 9.51. The van der Waals surface area contributed by atoms with Crippen LogP contribution in [0.3, 0.4) is 0 Å². The lowest BCUT2D eigenvalue weighted by Gasteiger charge is -2.57. The molecule has 4 aliphatic rings. The second-order valence-corrected chi connectivity index (χ2v) is 7.75. The van der Waals surface area contributed by atoms with E-state index >= 15 is 0 Å². The van der Waals surface area contributed by atoms with Crippen LogP contribution in [0, 0.1) is 5.92 Å². The Morgan fingerprint density at radius 1 is 1.33 bits per heavy atom. The van der Waals surface area contributed by atoms with Crippen LogP contribution in [0.4, 0.5) is 0 Å². The molecule has 1 aromatic rings. The largest absolute Gasteiger partial charge is 0.504 e. The van der Waals surface area contributed by atoms with Gasteiger partial charge in [-0.1, -0.05) is 6.07 Å². The van der Waals surface area contributed by atoms with Crippen molar-refractivity contribution in [3.05, 3.63) is 35.1 Å². The summed E-state index contributed by atoms with van der Waals surface area (Å²) >= 11 is 0. The Bertz CT molecular complexity index is 728. The highest BCUT2D eigenvalue weighted by atomic mass is 16.5. The minimum Gasteiger partial charge on any atom is -0.504 e. The molecule has 1 saturated heterocycles. The molecule has 2 heterocycles. The Morgan fingerprint density at radius 3 is 3.00 bits per heavy atom. The van der Waals surface area contributed by atoms with Gasteiger partial charge in [-0.15, -0.1) is 0 Å². The average Bonchev–Trinajstić information content (AvgIpc) is 2.94. The maximum atomic E-state index is 6.61. The number of methoxy groups -OCH3 is 2. The summed E-state index contributed by atoms with van der Waals surface area (Å²) in [5.41, 5.74) is 4.32. The number of rotatable bonds is 2. The molecule has 0 amide bonds. The van der Waals surface area contributed by atoms with E-state index in [9.17, 15) is 0 Å². The molecule has 4 atom stereocenters. The molecule has 128 valence electrons. The van der Waals surface area contributed by atoms with E-state index in [1.165, 1.54) is 23.1 Å². The second-order valence-electron chi connectivity index (χ2n) is 7.75. The fourth-order valence-corrected chi connectivity index (χ4v) is 6.02. The maximum Gasteiger partial charge on any atom is 0.166 e. The molecule has 4 nitrogen and oxygen atoms in total. The Labute approximate surface area is 143 Å². The molecule has 2 bridgehead atoms. The van der Waals surface area contributed by atoms with E-state index in [1.54, 1.807) is 14.2 Å². The van der Waals surface area contributed by atoms with Crippen LogP contribution in [0.15, 0.2) is 24.0 Å². The number of likely N-dealkylation sites (N-methyl/N-ethyl adjacent to an activating group) is 1. The normalized spacial score (nSPS) is 37.8. The summed E-state index contributed by atoms with van der Waals surface area (Å²) in [4.78, 5) is 2.57. The minimum atomic E-state index is 0.108. The summed E-state index contributed by atoms with van der Waals surface area (Å²) in [7, 11) is 5.77. The molecule has 2 fully saturated rings. The molecule has 0 N–H and O–H groups in total. The Morgan fingerprint density at radius 2 is 2.21 bits per heavy atom. The van der Waals surface area contributed by atoms with Gasteiger partial charge < -0.3 is 19.1 Å². The van der Waals surface area contributed by atoms with Crippen LogP contribution in [0.5, 0.6) is 11.5 Å². The molecule has 2 aliphatic heterocycles. The summed E-state index contributed by atoms with van der Waals surface area (Å²) in [6.45, 7) is 1.14. The predicted octanol–water partition coefficient (Wildman–Crippen LogP) is 2.89. The third kappa shape index (κ3) is 1.58. The Kier molecular flexibility index (Phi) is 3.00. The lowest BCUT2D eigenvalue weighted by Crippen LogP contribution is -2.63. The first-order valence-corrected chi connectivity index (χ1v) is 8.99. The van der Waals surface area contributed by atoms with Crippen molar-refractivity contribution >= 4 is 0 Å². The van der Waals surface area contributed by atoms with Crippen molar-refractivity contribution in [1.82, 2.24) is 4.90 Å². The van der Waals surface area contributed by atoms with E-state index in [4.69, 9.17) is 14.2 Å². The summed E-state index contributed by atoms with van der Waals surface area (Å²) in [6, 6.07) is 4.97. The maximum absolute atomic E-state index is 6.61. The quantitative estimate of drug-likeness (QED) is 0.782. The zero-order valence-electron chi connectivity index (χ0n) is 14.7. The van der Waals surface area contributed by atoms with Gasteiger partial charge in [0.2, 0.25) is 0 Å². The molecule has 24 heavy (non-hydrogen) atoms. The highest BCUT2D eigenvalue weighted by Gasteiger charge is 2.64. The van der Waals surface area contributed by atoms with E-state index in [-0.39, 0.29) is 11.5 Å². The van der Waals surface area contributed by atoms with Gasteiger partial charge in [-0.25, -0.2) is 0 Å². The van der Waals surface area contributed by atoms with Gasteiger partial charge in [0.1, 0.15) is 6.10 Å². The molecule has 4 heteroatoms. The monoisotopic (exact) mass is 327 g/mol. The van der Waals surface area contributed by atoms with Crippen LogP contribution in [0.1, 0.15) is 30.4 Å². The van der Waals surface area contributed by atoms with Gasteiger partial charge in [0.25, 0.3) is 0 Å². The molecule has 1 saturated carbocycles. The first-order valence-electron chi connectivity index (χ1n) is 8.99. The Balaban J connectivity index is 1.77. The van der Waals surface area contributed by atoms with Gasteiger partial charge >= 0.3 is 0 Å². The van der Waals surface area contributed by atoms with Crippen molar-refractivity contribution in [2.45, 2.75) is 43.2 Å². The molecule has 2 aliphatic carbocycles. The molecular formula is C20H25NO3. The van der Waals surface area contributed by atoms with E-state index in [0.29, 0.717) is 12.0 Å². The van der Waals surface area contributed by atoms with Crippen LogP contribution in [0.25, 0.3) is 0 Å². The highest BCUT2D eigenvalue weighted by molar-refractivity contribution is 5.62. The number of hydrogen-bond donors (Lipinski definition) is 0.